The van der Waals surface area contributed by atoms with E-state index >= 15 is 0 Å². The Bertz CT molecular complexity index is 749. The molecule has 1 aromatic heterocycles. The number of rotatable bonds is 14. The molecule has 11 N–H and O–H groups in total. The fourth-order valence-corrected chi connectivity index (χ4v) is 3.00. The Morgan fingerprint density at radius 1 is 0.774 bits per heavy atom. The van der Waals surface area contributed by atoms with Crippen LogP contribution in [0, 0.1) is 0 Å². The quantitative estimate of drug-likeness (QED) is 0.137. The van der Waals surface area contributed by atoms with Crippen molar-refractivity contribution < 1.29 is 4.79 Å². The first kappa shape index (κ1) is 26.2. The van der Waals surface area contributed by atoms with Gasteiger partial charge in [0.05, 0.1) is 0 Å². The third kappa shape index (κ3) is 11.8. The minimum Gasteiger partial charge on any atom is -0.382 e. The second-order valence-corrected chi connectivity index (χ2v) is 7.55. The van der Waals surface area contributed by atoms with Crippen LogP contribution in [0.2, 0.25) is 5.15 Å². The van der Waals surface area contributed by atoms with Crippen LogP contribution >= 0.6 is 11.6 Å². The van der Waals surface area contributed by atoms with Gasteiger partial charge in [0.1, 0.15) is 0 Å². The van der Waals surface area contributed by atoms with E-state index in [2.05, 4.69) is 25.3 Å². The van der Waals surface area contributed by atoms with Crippen molar-refractivity contribution in [2.75, 3.05) is 24.6 Å². The number of anilines is 2. The van der Waals surface area contributed by atoms with Crippen molar-refractivity contribution in [1.29, 1.82) is 0 Å². The standard InChI is InChI=1S/C19H35ClN10O/c20-14-16(22)29-15(21)13(28-14)17(31)30-19(25)27-12-10-8-6-4-2-1-3-5-7-9-11-26-18(23)24/h1-12H2,(H4,21,22,29)(H4,23,24,26)(H3,25,27,30,31). The zero-order valence-corrected chi connectivity index (χ0v) is 18.7. The molecule has 0 fully saturated rings. The largest absolute Gasteiger partial charge is 0.382 e. The lowest BCUT2D eigenvalue weighted by Gasteiger charge is -2.07. The average molecular weight is 455 g/mol. The maximum absolute atomic E-state index is 12.1. The molecular formula is C19H35ClN10O. The summed E-state index contributed by atoms with van der Waals surface area (Å²) < 4.78 is 0. The molecule has 0 aliphatic rings. The molecule has 0 saturated heterocycles. The molecule has 1 amide bonds. The smallest absolute Gasteiger partial charge is 0.280 e. The van der Waals surface area contributed by atoms with Crippen LogP contribution in [0.3, 0.4) is 0 Å². The summed E-state index contributed by atoms with van der Waals surface area (Å²) in [6.45, 7) is 1.25. The van der Waals surface area contributed by atoms with Crippen molar-refractivity contribution in [2.24, 2.45) is 27.2 Å². The Labute approximate surface area is 188 Å². The lowest BCUT2D eigenvalue weighted by Crippen LogP contribution is -2.38. The summed E-state index contributed by atoms with van der Waals surface area (Å²) in [5, 5.41) is 2.32. The molecule has 1 aromatic rings. The molecule has 0 atom stereocenters. The number of nitrogens with one attached hydrogen (secondary N) is 1. The molecule has 0 unspecified atom stereocenters. The normalized spacial score (nSPS) is 11.3. The first-order valence-electron chi connectivity index (χ1n) is 10.6. The molecule has 1 heterocycles. The maximum atomic E-state index is 12.1. The van der Waals surface area contributed by atoms with Gasteiger partial charge in [-0.3, -0.25) is 20.1 Å². The molecule has 0 aromatic carbocycles. The van der Waals surface area contributed by atoms with E-state index in [0.717, 1.165) is 38.6 Å². The Morgan fingerprint density at radius 3 is 1.77 bits per heavy atom. The number of guanidine groups is 2. The highest BCUT2D eigenvalue weighted by molar-refractivity contribution is 6.31. The Hall–Kier alpha value is -2.82. The number of hydrogen-bond acceptors (Lipinski definition) is 7. The van der Waals surface area contributed by atoms with E-state index in [0.29, 0.717) is 6.54 Å². The van der Waals surface area contributed by atoms with Gasteiger partial charge in [0.25, 0.3) is 5.91 Å². The number of amides is 1. The summed E-state index contributed by atoms with van der Waals surface area (Å²) in [5.41, 5.74) is 27.3. The number of nitrogen functional groups attached to an aromatic ring is 2. The summed E-state index contributed by atoms with van der Waals surface area (Å²) in [4.78, 5) is 27.8. The Kier molecular flexibility index (Phi) is 12.7. The molecule has 0 saturated carbocycles. The number of halogens is 1. The topological polar surface area (TPSA) is 210 Å². The molecule has 0 bridgehead atoms. The first-order chi connectivity index (χ1) is 14.8. The van der Waals surface area contributed by atoms with Gasteiger partial charge >= 0.3 is 0 Å². The Morgan fingerprint density at radius 2 is 1.26 bits per heavy atom. The lowest BCUT2D eigenvalue weighted by atomic mass is 10.1. The zero-order valence-electron chi connectivity index (χ0n) is 17.9. The van der Waals surface area contributed by atoms with Crippen LogP contribution in [-0.2, 0) is 0 Å². The molecule has 31 heavy (non-hydrogen) atoms. The maximum Gasteiger partial charge on any atom is 0.280 e. The third-order valence-corrected chi connectivity index (χ3v) is 4.78. The molecule has 174 valence electrons. The number of carbonyl (C=O) groups is 1. The number of unbranched alkanes of at least 4 members (excludes halogenated alkanes) is 9. The first-order valence-corrected chi connectivity index (χ1v) is 10.9. The monoisotopic (exact) mass is 454 g/mol. The van der Waals surface area contributed by atoms with Gasteiger partial charge in [-0.25, -0.2) is 9.97 Å². The van der Waals surface area contributed by atoms with Gasteiger partial charge in [0.2, 0.25) is 0 Å². The van der Waals surface area contributed by atoms with Crippen molar-refractivity contribution in [3.05, 3.63) is 10.8 Å². The highest BCUT2D eigenvalue weighted by atomic mass is 35.5. The van der Waals surface area contributed by atoms with E-state index in [1.54, 1.807) is 0 Å². The summed E-state index contributed by atoms with van der Waals surface area (Å²) >= 11 is 5.77. The van der Waals surface area contributed by atoms with Gasteiger partial charge in [-0.2, -0.15) is 0 Å². The van der Waals surface area contributed by atoms with Crippen LogP contribution in [0.5, 0.6) is 0 Å². The molecule has 1 rings (SSSR count). The van der Waals surface area contributed by atoms with E-state index < -0.39 is 5.91 Å². The van der Waals surface area contributed by atoms with Crippen LogP contribution in [0.25, 0.3) is 0 Å². The number of carbonyl (C=O) groups excluding carboxylic acids is 1. The van der Waals surface area contributed by atoms with Gasteiger partial charge < -0.3 is 28.7 Å². The van der Waals surface area contributed by atoms with E-state index in [1.807, 2.05) is 0 Å². The van der Waals surface area contributed by atoms with Gasteiger partial charge in [0, 0.05) is 13.1 Å². The summed E-state index contributed by atoms with van der Waals surface area (Å²) in [6, 6.07) is 0. The molecule has 0 aliphatic heterocycles. The molecule has 0 spiro atoms. The fourth-order valence-electron chi connectivity index (χ4n) is 2.87. The fraction of sp³-hybridized carbons (Fsp3) is 0.632. The minimum absolute atomic E-state index is 0.000938. The molecular weight excluding hydrogens is 420 g/mol. The highest BCUT2D eigenvalue weighted by Crippen LogP contribution is 2.17. The van der Waals surface area contributed by atoms with E-state index in [-0.39, 0.29) is 34.4 Å². The van der Waals surface area contributed by atoms with Crippen LogP contribution in [-0.4, -0.2) is 40.9 Å². The van der Waals surface area contributed by atoms with Gasteiger partial charge in [-0.05, 0) is 12.8 Å². The number of aromatic nitrogens is 2. The molecule has 0 radical (unpaired) electrons. The third-order valence-electron chi connectivity index (χ3n) is 4.50. The van der Waals surface area contributed by atoms with Crippen molar-refractivity contribution in [3.8, 4) is 0 Å². The lowest BCUT2D eigenvalue weighted by molar-refractivity contribution is 0.0972. The van der Waals surface area contributed by atoms with E-state index in [1.165, 1.54) is 32.1 Å². The average Bonchev–Trinajstić information content (AvgIpc) is 2.70. The minimum atomic E-state index is -0.635. The van der Waals surface area contributed by atoms with E-state index in [4.69, 9.17) is 40.3 Å². The molecule has 12 heteroatoms. The van der Waals surface area contributed by atoms with Gasteiger partial charge in [-0.1, -0.05) is 63.0 Å². The molecule has 0 aliphatic carbocycles. The van der Waals surface area contributed by atoms with Crippen molar-refractivity contribution in [1.82, 2.24) is 15.3 Å². The number of nitrogens with zero attached hydrogens (tertiary/aromatic N) is 4. The second kappa shape index (κ2) is 15.1. The Balaban J connectivity index is 2.07. The predicted molar refractivity (Wildman–Crippen MR) is 127 cm³/mol. The predicted octanol–water partition coefficient (Wildman–Crippen LogP) is 1.51. The van der Waals surface area contributed by atoms with Crippen LogP contribution < -0.4 is 34.0 Å². The van der Waals surface area contributed by atoms with Crippen LogP contribution in [0.1, 0.15) is 74.7 Å². The van der Waals surface area contributed by atoms with Crippen LogP contribution in [0.4, 0.5) is 11.6 Å². The summed E-state index contributed by atoms with van der Waals surface area (Å²) in [7, 11) is 0. The second-order valence-electron chi connectivity index (χ2n) is 7.20. The van der Waals surface area contributed by atoms with Gasteiger partial charge in [-0.15, -0.1) is 0 Å². The number of nitrogens with two attached hydrogens (primary N) is 5. The number of hydrogen-bond donors (Lipinski definition) is 6. The number of aliphatic imine (C=N–C) groups is 2. The zero-order chi connectivity index (χ0) is 23.1. The summed E-state index contributed by atoms with van der Waals surface area (Å²) in [5.74, 6) is -0.639. The summed E-state index contributed by atoms with van der Waals surface area (Å²) in [6.07, 6.45) is 11.5. The van der Waals surface area contributed by atoms with Crippen LogP contribution in [0.15, 0.2) is 9.98 Å². The van der Waals surface area contributed by atoms with Gasteiger partial charge in [0.15, 0.2) is 34.4 Å². The van der Waals surface area contributed by atoms with Crippen molar-refractivity contribution >= 4 is 41.1 Å². The van der Waals surface area contributed by atoms with Crippen molar-refractivity contribution in [2.45, 2.75) is 64.2 Å². The highest BCUT2D eigenvalue weighted by Gasteiger charge is 2.16. The van der Waals surface area contributed by atoms with E-state index in [9.17, 15) is 4.79 Å². The van der Waals surface area contributed by atoms with Crippen molar-refractivity contribution in [3.63, 3.8) is 0 Å². The SMILES string of the molecule is NC(N)=NCCCCCCCCCCCCN=C(N)NC(=O)c1nc(Cl)c(N)nc1N. The molecule has 11 nitrogen and oxygen atoms in total.